The Bertz CT molecular complexity index is 88.6. The summed E-state index contributed by atoms with van der Waals surface area (Å²) in [6, 6.07) is 0. The van der Waals surface area contributed by atoms with Crippen LogP contribution in [0.1, 0.15) is 0 Å². The van der Waals surface area contributed by atoms with Gasteiger partial charge in [0.15, 0.2) is 0 Å². The molecule has 0 atom stereocenters. The van der Waals surface area contributed by atoms with E-state index in [-0.39, 0.29) is 5.30 Å². The van der Waals surface area contributed by atoms with Crippen LogP contribution < -0.4 is 5.73 Å². The summed E-state index contributed by atoms with van der Waals surface area (Å²) in [4.78, 5) is 10.4. The van der Waals surface area contributed by atoms with Crippen LogP contribution in [0.3, 0.4) is 0 Å². The number of hydrogen-bond donors (Lipinski definition) is 1. The van der Waals surface area contributed by atoms with E-state index in [1.54, 1.807) is 0 Å². The standard InChI is InChI=1S/C4H9NO2S2/c1-7-4(6)9-8-3-2-5/h2-3,5H2,1H3. The Labute approximate surface area is 62.1 Å². The van der Waals surface area contributed by atoms with E-state index in [4.69, 9.17) is 5.73 Å². The van der Waals surface area contributed by atoms with Crippen LogP contribution >= 0.6 is 21.6 Å². The maximum Gasteiger partial charge on any atom is 0.377 e. The Balaban J connectivity index is 2.97. The van der Waals surface area contributed by atoms with Gasteiger partial charge in [0.05, 0.1) is 7.11 Å². The summed E-state index contributed by atoms with van der Waals surface area (Å²) < 4.78 is 4.36. The summed E-state index contributed by atoms with van der Waals surface area (Å²) in [7, 11) is 3.84. The van der Waals surface area contributed by atoms with Crippen LogP contribution in [0.2, 0.25) is 0 Å². The van der Waals surface area contributed by atoms with Crippen LogP contribution in [0, 0.1) is 0 Å². The quantitative estimate of drug-likeness (QED) is 0.387. The molecule has 0 rings (SSSR count). The number of hydrogen-bond acceptors (Lipinski definition) is 5. The van der Waals surface area contributed by atoms with E-state index in [0.717, 1.165) is 16.5 Å². The van der Waals surface area contributed by atoms with Gasteiger partial charge in [-0.2, -0.15) is 0 Å². The first-order valence-electron chi connectivity index (χ1n) is 2.38. The van der Waals surface area contributed by atoms with E-state index in [1.165, 1.54) is 17.9 Å². The second-order valence-electron chi connectivity index (χ2n) is 1.15. The predicted molar refractivity (Wildman–Crippen MR) is 41.5 cm³/mol. The highest BCUT2D eigenvalue weighted by molar-refractivity contribution is 8.82. The molecule has 0 amide bonds. The molecule has 0 spiro atoms. The lowest BCUT2D eigenvalue weighted by molar-refractivity contribution is 0.200. The van der Waals surface area contributed by atoms with Gasteiger partial charge in [-0.1, -0.05) is 10.8 Å². The maximum absolute atomic E-state index is 10.4. The second-order valence-corrected chi connectivity index (χ2v) is 3.50. The molecule has 5 heteroatoms. The first kappa shape index (κ1) is 9.13. The molecule has 0 aromatic rings. The Hall–Kier alpha value is 0.130. The van der Waals surface area contributed by atoms with E-state index >= 15 is 0 Å². The van der Waals surface area contributed by atoms with Gasteiger partial charge in [0.1, 0.15) is 0 Å². The Morgan fingerprint density at radius 1 is 1.78 bits per heavy atom. The van der Waals surface area contributed by atoms with Gasteiger partial charge >= 0.3 is 5.30 Å². The molecule has 0 aromatic carbocycles. The van der Waals surface area contributed by atoms with Crippen molar-refractivity contribution in [2.45, 2.75) is 0 Å². The summed E-state index contributed by atoms with van der Waals surface area (Å²) >= 11 is 0. The fraction of sp³-hybridized carbons (Fsp3) is 0.750. The molecule has 0 aromatic heterocycles. The lowest BCUT2D eigenvalue weighted by Crippen LogP contribution is -2.00. The highest BCUT2D eigenvalue weighted by Gasteiger charge is 1.98. The maximum atomic E-state index is 10.4. The number of carbonyl (C=O) groups is 1. The van der Waals surface area contributed by atoms with Gasteiger partial charge in [0.25, 0.3) is 0 Å². The number of rotatable bonds is 3. The third-order valence-corrected chi connectivity index (χ3v) is 2.58. The van der Waals surface area contributed by atoms with Crippen molar-refractivity contribution >= 4 is 26.9 Å². The fourth-order valence-corrected chi connectivity index (χ4v) is 1.55. The Kier molecular flexibility index (Phi) is 6.34. The molecule has 54 valence electrons. The van der Waals surface area contributed by atoms with Crippen molar-refractivity contribution in [2.24, 2.45) is 5.73 Å². The molecule has 0 fully saturated rings. The molecular weight excluding hydrogens is 158 g/mol. The molecule has 0 saturated heterocycles. The average Bonchev–Trinajstić information content (AvgIpc) is 1.89. The zero-order chi connectivity index (χ0) is 7.11. The minimum absolute atomic E-state index is 0.270. The Morgan fingerprint density at radius 2 is 2.44 bits per heavy atom. The van der Waals surface area contributed by atoms with Crippen LogP contribution in [0.25, 0.3) is 0 Å². The lowest BCUT2D eigenvalue weighted by atomic mass is 10.8. The summed E-state index contributed by atoms with van der Waals surface area (Å²) in [5.74, 6) is 0.778. The zero-order valence-corrected chi connectivity index (χ0v) is 6.76. The Morgan fingerprint density at radius 3 is 2.89 bits per heavy atom. The molecule has 0 bridgehead atoms. The van der Waals surface area contributed by atoms with E-state index < -0.39 is 0 Å². The lowest BCUT2D eigenvalue weighted by Gasteiger charge is -1.94. The topological polar surface area (TPSA) is 52.3 Å². The van der Waals surface area contributed by atoms with Crippen molar-refractivity contribution in [3.05, 3.63) is 0 Å². The van der Waals surface area contributed by atoms with Crippen molar-refractivity contribution < 1.29 is 9.53 Å². The first-order valence-corrected chi connectivity index (χ1v) is 4.70. The largest absolute Gasteiger partial charge is 0.460 e. The number of carbonyl (C=O) groups excluding carboxylic acids is 1. The van der Waals surface area contributed by atoms with Gasteiger partial charge in [-0.3, -0.25) is 0 Å². The highest BCUT2D eigenvalue weighted by atomic mass is 33.1. The minimum atomic E-state index is -0.270. The number of nitrogens with two attached hydrogens (primary N) is 1. The molecule has 0 aliphatic rings. The summed E-state index contributed by atoms with van der Waals surface area (Å²) in [6.45, 7) is 0.592. The van der Waals surface area contributed by atoms with Crippen molar-refractivity contribution in [3.63, 3.8) is 0 Å². The van der Waals surface area contributed by atoms with Crippen LogP contribution in [0.15, 0.2) is 0 Å². The van der Waals surface area contributed by atoms with Gasteiger partial charge < -0.3 is 10.5 Å². The highest BCUT2D eigenvalue weighted by Crippen LogP contribution is 2.21. The normalized spacial score (nSPS) is 9.11. The molecular formula is C4H9NO2S2. The van der Waals surface area contributed by atoms with Gasteiger partial charge in [-0.05, 0) is 0 Å². The van der Waals surface area contributed by atoms with Crippen molar-refractivity contribution in [1.82, 2.24) is 0 Å². The molecule has 0 radical (unpaired) electrons. The third-order valence-electron chi connectivity index (χ3n) is 0.495. The summed E-state index contributed by atoms with van der Waals surface area (Å²) in [6.07, 6.45) is 0. The van der Waals surface area contributed by atoms with E-state index in [0.29, 0.717) is 6.54 Å². The number of methoxy groups -OCH3 is 1. The van der Waals surface area contributed by atoms with E-state index in [9.17, 15) is 4.79 Å². The van der Waals surface area contributed by atoms with Crippen molar-refractivity contribution in [1.29, 1.82) is 0 Å². The van der Waals surface area contributed by atoms with Crippen LogP contribution in [-0.4, -0.2) is 24.7 Å². The van der Waals surface area contributed by atoms with Crippen LogP contribution in [-0.2, 0) is 4.74 Å². The molecule has 0 heterocycles. The SMILES string of the molecule is COC(=O)SSCCN. The molecule has 3 nitrogen and oxygen atoms in total. The molecule has 9 heavy (non-hydrogen) atoms. The van der Waals surface area contributed by atoms with Gasteiger partial charge in [-0.25, -0.2) is 4.79 Å². The van der Waals surface area contributed by atoms with E-state index in [2.05, 4.69) is 4.74 Å². The van der Waals surface area contributed by atoms with Gasteiger partial charge in [0, 0.05) is 23.1 Å². The van der Waals surface area contributed by atoms with Crippen LogP contribution in [0.5, 0.6) is 0 Å². The summed E-state index contributed by atoms with van der Waals surface area (Å²) in [5.41, 5.74) is 5.17. The fourth-order valence-electron chi connectivity index (χ4n) is 0.172. The van der Waals surface area contributed by atoms with Crippen molar-refractivity contribution in [3.8, 4) is 0 Å². The number of ether oxygens (including phenoxy) is 1. The van der Waals surface area contributed by atoms with Crippen molar-refractivity contribution in [2.75, 3.05) is 19.4 Å². The minimum Gasteiger partial charge on any atom is -0.460 e. The van der Waals surface area contributed by atoms with Gasteiger partial charge in [0.2, 0.25) is 0 Å². The average molecular weight is 167 g/mol. The molecule has 2 N–H and O–H groups in total. The predicted octanol–water partition coefficient (Wildman–Crippen LogP) is 1.09. The first-order chi connectivity index (χ1) is 4.31. The third kappa shape index (κ3) is 6.01. The smallest absolute Gasteiger partial charge is 0.377 e. The zero-order valence-electron chi connectivity index (χ0n) is 5.12. The van der Waals surface area contributed by atoms with Gasteiger partial charge in [-0.15, -0.1) is 0 Å². The molecule has 0 unspecified atom stereocenters. The van der Waals surface area contributed by atoms with Crippen LogP contribution in [0.4, 0.5) is 4.79 Å². The monoisotopic (exact) mass is 167 g/mol. The van der Waals surface area contributed by atoms with E-state index in [1.807, 2.05) is 0 Å². The second kappa shape index (κ2) is 6.25. The molecule has 0 aliphatic carbocycles. The molecule has 0 saturated carbocycles. The summed E-state index contributed by atoms with van der Waals surface area (Å²) in [5, 5.41) is -0.270. The molecule has 0 aliphatic heterocycles.